The zero-order valence-electron chi connectivity index (χ0n) is 19.1. The second-order valence-corrected chi connectivity index (χ2v) is 8.06. The van der Waals surface area contributed by atoms with Gasteiger partial charge in [-0.1, -0.05) is 37.3 Å². The summed E-state index contributed by atoms with van der Waals surface area (Å²) in [6.45, 7) is 6.33. The summed E-state index contributed by atoms with van der Waals surface area (Å²) >= 11 is 0. The maximum Gasteiger partial charge on any atom is 0.253 e. The molecule has 0 aliphatic carbocycles. The number of nitrogens with zero attached hydrogens (tertiary/aromatic N) is 1. The van der Waals surface area contributed by atoms with E-state index in [0.717, 1.165) is 25.7 Å². The lowest BCUT2D eigenvalue weighted by Gasteiger charge is -2.32. The quantitative estimate of drug-likeness (QED) is 0.603. The van der Waals surface area contributed by atoms with Crippen LogP contribution in [0, 0.1) is 0 Å². The molecule has 2 aromatic carbocycles. The van der Waals surface area contributed by atoms with E-state index < -0.39 is 0 Å². The van der Waals surface area contributed by atoms with Crippen molar-refractivity contribution in [3.8, 4) is 11.5 Å². The molecule has 0 radical (unpaired) electrons. The number of nitrogens with one attached hydrogen (secondary N) is 1. The number of carbonyl (C=O) groups is 2. The Labute approximate surface area is 190 Å². The van der Waals surface area contributed by atoms with Gasteiger partial charge in [0.1, 0.15) is 0 Å². The van der Waals surface area contributed by atoms with Gasteiger partial charge in [0.05, 0.1) is 13.2 Å². The molecule has 172 valence electrons. The zero-order valence-corrected chi connectivity index (χ0v) is 19.1. The number of hydrogen-bond donors (Lipinski definition) is 1. The third-order valence-electron chi connectivity index (χ3n) is 5.58. The largest absolute Gasteiger partial charge is 0.490 e. The second kappa shape index (κ2) is 12.1. The van der Waals surface area contributed by atoms with E-state index in [1.54, 1.807) is 12.1 Å². The molecule has 0 saturated carbocycles. The summed E-state index contributed by atoms with van der Waals surface area (Å²) in [4.78, 5) is 27.2. The smallest absolute Gasteiger partial charge is 0.253 e. The molecule has 0 aromatic heterocycles. The van der Waals surface area contributed by atoms with Crippen molar-refractivity contribution in [3.05, 3.63) is 59.7 Å². The van der Waals surface area contributed by atoms with Crippen LogP contribution in [-0.4, -0.2) is 49.1 Å². The van der Waals surface area contributed by atoms with Crippen molar-refractivity contribution in [1.29, 1.82) is 0 Å². The number of rotatable bonds is 10. The van der Waals surface area contributed by atoms with E-state index in [1.165, 1.54) is 5.56 Å². The molecule has 0 bridgehead atoms. The molecule has 32 heavy (non-hydrogen) atoms. The summed E-state index contributed by atoms with van der Waals surface area (Å²) in [7, 11) is 0. The number of benzene rings is 2. The molecular formula is C26H34N2O4. The molecule has 1 aliphatic rings. The van der Waals surface area contributed by atoms with Gasteiger partial charge >= 0.3 is 0 Å². The molecule has 3 rings (SSSR count). The lowest BCUT2D eigenvalue weighted by atomic mass is 10.0. The predicted octanol–water partition coefficient (Wildman–Crippen LogP) is 4.23. The van der Waals surface area contributed by atoms with Crippen LogP contribution in [0.4, 0.5) is 0 Å². The molecule has 1 N–H and O–H groups in total. The van der Waals surface area contributed by atoms with E-state index in [9.17, 15) is 9.59 Å². The summed E-state index contributed by atoms with van der Waals surface area (Å²) in [5.74, 6) is 1.33. The lowest BCUT2D eigenvalue weighted by molar-refractivity contribution is -0.122. The third-order valence-corrected chi connectivity index (χ3v) is 5.58. The predicted molar refractivity (Wildman–Crippen MR) is 125 cm³/mol. The van der Waals surface area contributed by atoms with E-state index in [4.69, 9.17) is 9.47 Å². The van der Waals surface area contributed by atoms with Crippen molar-refractivity contribution in [2.75, 3.05) is 26.3 Å². The molecule has 0 unspecified atom stereocenters. The number of likely N-dealkylation sites (tertiary alicyclic amines) is 1. The Bertz CT molecular complexity index is 877. The van der Waals surface area contributed by atoms with Crippen LogP contribution in [0.1, 0.15) is 55.5 Å². The van der Waals surface area contributed by atoms with Crippen molar-refractivity contribution >= 4 is 11.8 Å². The summed E-state index contributed by atoms with van der Waals surface area (Å²) in [5, 5.41) is 3.13. The molecule has 0 spiro atoms. The highest BCUT2D eigenvalue weighted by Gasteiger charge is 2.25. The summed E-state index contributed by atoms with van der Waals surface area (Å²) in [5.41, 5.74) is 1.77. The maximum atomic E-state index is 13.0. The van der Waals surface area contributed by atoms with Gasteiger partial charge in [0.2, 0.25) is 5.91 Å². The summed E-state index contributed by atoms with van der Waals surface area (Å²) in [6, 6.07) is 15.5. The Morgan fingerprint density at radius 1 is 1.00 bits per heavy atom. The minimum absolute atomic E-state index is 0.0122. The summed E-state index contributed by atoms with van der Waals surface area (Å²) < 4.78 is 11.4. The molecular weight excluding hydrogens is 404 g/mol. The van der Waals surface area contributed by atoms with E-state index in [1.807, 2.05) is 55.1 Å². The monoisotopic (exact) mass is 438 g/mol. The number of piperidine rings is 1. The van der Waals surface area contributed by atoms with Crippen molar-refractivity contribution < 1.29 is 19.1 Å². The van der Waals surface area contributed by atoms with Gasteiger partial charge in [-0.15, -0.1) is 0 Å². The van der Waals surface area contributed by atoms with Crippen LogP contribution in [-0.2, 0) is 11.2 Å². The van der Waals surface area contributed by atoms with Gasteiger partial charge in [-0.2, -0.15) is 0 Å². The van der Waals surface area contributed by atoms with E-state index >= 15 is 0 Å². The van der Waals surface area contributed by atoms with Crippen LogP contribution in [0.3, 0.4) is 0 Å². The second-order valence-electron chi connectivity index (χ2n) is 8.06. The van der Waals surface area contributed by atoms with E-state index in [0.29, 0.717) is 49.8 Å². The molecule has 6 heteroatoms. The normalized spacial score (nSPS) is 14.1. The number of carbonyl (C=O) groups excluding carboxylic acids is 2. The van der Waals surface area contributed by atoms with Crippen LogP contribution in [0.5, 0.6) is 11.5 Å². The Morgan fingerprint density at radius 3 is 2.44 bits per heavy atom. The zero-order chi connectivity index (χ0) is 22.8. The van der Waals surface area contributed by atoms with Gasteiger partial charge in [0.15, 0.2) is 11.5 Å². The Morgan fingerprint density at radius 2 is 1.75 bits per heavy atom. The number of hydrogen-bond acceptors (Lipinski definition) is 4. The topological polar surface area (TPSA) is 67.9 Å². The minimum atomic E-state index is -0.0122. The van der Waals surface area contributed by atoms with E-state index in [2.05, 4.69) is 5.32 Å². The van der Waals surface area contributed by atoms with Crippen LogP contribution in [0.15, 0.2) is 48.5 Å². The molecule has 2 amide bonds. The van der Waals surface area contributed by atoms with Crippen molar-refractivity contribution in [2.45, 2.75) is 52.0 Å². The number of aryl methyl sites for hydroxylation is 1. The van der Waals surface area contributed by atoms with Gasteiger partial charge < -0.3 is 19.7 Å². The highest BCUT2D eigenvalue weighted by molar-refractivity contribution is 5.95. The highest BCUT2D eigenvalue weighted by atomic mass is 16.5. The molecule has 0 atom stereocenters. The minimum Gasteiger partial charge on any atom is -0.490 e. The number of ether oxygens (including phenoxy) is 2. The van der Waals surface area contributed by atoms with Crippen molar-refractivity contribution in [1.82, 2.24) is 10.2 Å². The molecule has 6 nitrogen and oxygen atoms in total. The Balaban J connectivity index is 1.49. The fraction of sp³-hybridized carbons (Fsp3) is 0.462. The maximum absolute atomic E-state index is 13.0. The average Bonchev–Trinajstić information content (AvgIpc) is 2.83. The Hall–Kier alpha value is -3.02. The molecule has 1 heterocycles. The molecule has 1 fully saturated rings. The first-order valence-electron chi connectivity index (χ1n) is 11.6. The molecule has 2 aromatic rings. The van der Waals surface area contributed by atoms with Crippen LogP contribution >= 0.6 is 0 Å². The van der Waals surface area contributed by atoms with Gasteiger partial charge in [0, 0.05) is 31.1 Å². The van der Waals surface area contributed by atoms with Gasteiger partial charge in [0.25, 0.3) is 5.91 Å². The fourth-order valence-corrected chi connectivity index (χ4v) is 3.85. The van der Waals surface area contributed by atoms with Crippen molar-refractivity contribution in [2.24, 2.45) is 0 Å². The third kappa shape index (κ3) is 6.74. The van der Waals surface area contributed by atoms with Crippen molar-refractivity contribution in [3.63, 3.8) is 0 Å². The number of amides is 2. The summed E-state index contributed by atoms with van der Waals surface area (Å²) in [6.07, 6.45) is 3.65. The van der Waals surface area contributed by atoms with Crippen LogP contribution in [0.2, 0.25) is 0 Å². The first-order valence-corrected chi connectivity index (χ1v) is 11.6. The first-order chi connectivity index (χ1) is 15.6. The van der Waals surface area contributed by atoms with Gasteiger partial charge in [-0.3, -0.25) is 9.59 Å². The molecule has 1 aliphatic heterocycles. The van der Waals surface area contributed by atoms with Crippen LogP contribution in [0.25, 0.3) is 0 Å². The fourth-order valence-electron chi connectivity index (χ4n) is 3.85. The standard InChI is InChI=1S/C26H34N2O4/c1-3-18-32-23-12-11-21(19-24(23)31-4-2)26(30)28-16-14-22(15-17-28)27-25(29)13-10-20-8-6-5-7-9-20/h5-9,11-12,19,22H,3-4,10,13-18H2,1-2H3,(H,27,29). The van der Waals surface area contributed by atoms with Crippen LogP contribution < -0.4 is 14.8 Å². The Kier molecular flexibility index (Phi) is 8.96. The van der Waals surface area contributed by atoms with Gasteiger partial charge in [-0.05, 0) is 56.4 Å². The lowest BCUT2D eigenvalue weighted by Crippen LogP contribution is -2.46. The first kappa shape index (κ1) is 23.6. The van der Waals surface area contributed by atoms with Gasteiger partial charge in [-0.25, -0.2) is 0 Å². The highest BCUT2D eigenvalue weighted by Crippen LogP contribution is 2.29. The van der Waals surface area contributed by atoms with E-state index in [-0.39, 0.29) is 17.9 Å². The molecule has 1 saturated heterocycles. The average molecular weight is 439 g/mol. The SMILES string of the molecule is CCCOc1ccc(C(=O)N2CCC(NC(=O)CCc3ccccc3)CC2)cc1OCC.